The molecule has 0 bridgehead atoms. The SMILES string of the molecule is CC(C)(C)OC(=O)c1ccc(CNc2cccc3c2C(=O)N(C2CCC(=O)NC2=O)C3=O)cc1. The fourth-order valence-electron chi connectivity index (χ4n) is 3.96. The zero-order chi connectivity index (χ0) is 24.6. The van der Waals surface area contributed by atoms with Crippen molar-refractivity contribution in [3.8, 4) is 0 Å². The lowest BCUT2D eigenvalue weighted by molar-refractivity contribution is -0.136. The van der Waals surface area contributed by atoms with Gasteiger partial charge in [0, 0.05) is 18.7 Å². The molecule has 34 heavy (non-hydrogen) atoms. The van der Waals surface area contributed by atoms with Crippen LogP contribution in [0.5, 0.6) is 0 Å². The molecule has 2 aromatic carbocycles. The van der Waals surface area contributed by atoms with Crippen molar-refractivity contribution in [1.82, 2.24) is 10.2 Å². The molecule has 2 aromatic rings. The molecule has 4 rings (SSSR count). The summed E-state index contributed by atoms with van der Waals surface area (Å²) in [6.07, 6.45) is 0.164. The molecule has 0 saturated carbocycles. The smallest absolute Gasteiger partial charge is 0.338 e. The third-order valence-electron chi connectivity index (χ3n) is 5.54. The van der Waals surface area contributed by atoms with Crippen LogP contribution in [0.15, 0.2) is 42.5 Å². The summed E-state index contributed by atoms with van der Waals surface area (Å²) in [6, 6.07) is 10.8. The van der Waals surface area contributed by atoms with Gasteiger partial charge in [0.25, 0.3) is 11.8 Å². The zero-order valence-electron chi connectivity index (χ0n) is 19.1. The number of carbonyl (C=O) groups is 5. The van der Waals surface area contributed by atoms with Gasteiger partial charge < -0.3 is 10.1 Å². The molecule has 0 radical (unpaired) electrons. The highest BCUT2D eigenvalue weighted by Crippen LogP contribution is 2.32. The summed E-state index contributed by atoms with van der Waals surface area (Å²) in [7, 11) is 0. The summed E-state index contributed by atoms with van der Waals surface area (Å²) in [4.78, 5) is 62.9. The molecule has 0 aromatic heterocycles. The van der Waals surface area contributed by atoms with Crippen molar-refractivity contribution in [2.45, 2.75) is 51.8 Å². The number of piperidine rings is 1. The van der Waals surface area contributed by atoms with Crippen molar-refractivity contribution < 1.29 is 28.7 Å². The highest BCUT2D eigenvalue weighted by Gasteiger charge is 2.45. The minimum Gasteiger partial charge on any atom is -0.456 e. The maximum Gasteiger partial charge on any atom is 0.338 e. The van der Waals surface area contributed by atoms with Crippen LogP contribution in [0, 0.1) is 0 Å². The van der Waals surface area contributed by atoms with Crippen molar-refractivity contribution in [2.24, 2.45) is 0 Å². The van der Waals surface area contributed by atoms with E-state index in [0.29, 0.717) is 17.8 Å². The number of anilines is 1. The van der Waals surface area contributed by atoms with Crippen molar-refractivity contribution in [1.29, 1.82) is 0 Å². The lowest BCUT2D eigenvalue weighted by Crippen LogP contribution is -2.54. The Kier molecular flexibility index (Phi) is 5.95. The number of nitrogens with zero attached hydrogens (tertiary/aromatic N) is 1. The summed E-state index contributed by atoms with van der Waals surface area (Å²) in [5.41, 5.74) is 1.56. The van der Waals surface area contributed by atoms with E-state index in [1.165, 1.54) is 0 Å². The number of hydrogen-bond acceptors (Lipinski definition) is 7. The number of nitrogens with one attached hydrogen (secondary N) is 2. The summed E-state index contributed by atoms with van der Waals surface area (Å²) >= 11 is 0. The molecule has 9 nitrogen and oxygen atoms in total. The summed E-state index contributed by atoms with van der Waals surface area (Å²) in [5, 5.41) is 5.36. The number of esters is 1. The number of benzene rings is 2. The Morgan fingerprint density at radius 2 is 1.76 bits per heavy atom. The average Bonchev–Trinajstić information content (AvgIpc) is 3.02. The van der Waals surface area contributed by atoms with Crippen LogP contribution in [0.4, 0.5) is 5.69 Å². The molecule has 9 heteroatoms. The van der Waals surface area contributed by atoms with Gasteiger partial charge in [-0.25, -0.2) is 4.79 Å². The molecule has 176 valence electrons. The van der Waals surface area contributed by atoms with Crippen LogP contribution in [0.1, 0.15) is 70.3 Å². The van der Waals surface area contributed by atoms with Gasteiger partial charge in [-0.1, -0.05) is 18.2 Å². The Labute approximate surface area is 196 Å². The number of rotatable bonds is 5. The second-order valence-corrected chi connectivity index (χ2v) is 9.23. The number of fused-ring (bicyclic) bond motifs is 1. The average molecular weight is 463 g/mol. The van der Waals surface area contributed by atoms with Gasteiger partial charge in [-0.05, 0) is 57.0 Å². The number of amides is 4. The third-order valence-corrected chi connectivity index (χ3v) is 5.54. The second-order valence-electron chi connectivity index (χ2n) is 9.23. The van der Waals surface area contributed by atoms with Gasteiger partial charge in [0.05, 0.1) is 16.7 Å². The number of hydrogen-bond donors (Lipinski definition) is 2. The van der Waals surface area contributed by atoms with E-state index in [4.69, 9.17) is 4.74 Å². The topological polar surface area (TPSA) is 122 Å². The van der Waals surface area contributed by atoms with E-state index >= 15 is 0 Å². The molecule has 1 atom stereocenters. The van der Waals surface area contributed by atoms with Crippen LogP contribution in [0.3, 0.4) is 0 Å². The minimum absolute atomic E-state index is 0.0637. The first-order valence-electron chi connectivity index (χ1n) is 11.0. The first kappa shape index (κ1) is 23.2. The molecule has 1 fully saturated rings. The first-order valence-corrected chi connectivity index (χ1v) is 11.0. The summed E-state index contributed by atoms with van der Waals surface area (Å²) in [6.45, 7) is 5.74. The molecule has 2 aliphatic heterocycles. The molecule has 0 spiro atoms. The Morgan fingerprint density at radius 1 is 1.06 bits per heavy atom. The Bertz CT molecular complexity index is 1200. The van der Waals surface area contributed by atoms with E-state index < -0.39 is 41.2 Å². The Hall–Kier alpha value is -4.01. The third kappa shape index (κ3) is 4.54. The van der Waals surface area contributed by atoms with E-state index in [1.54, 1.807) is 63.2 Å². The van der Waals surface area contributed by atoms with Crippen LogP contribution >= 0.6 is 0 Å². The van der Waals surface area contributed by atoms with Gasteiger partial charge in [0.1, 0.15) is 11.6 Å². The first-order chi connectivity index (χ1) is 16.0. The van der Waals surface area contributed by atoms with Crippen molar-refractivity contribution in [3.05, 3.63) is 64.7 Å². The van der Waals surface area contributed by atoms with E-state index in [2.05, 4.69) is 10.6 Å². The second kappa shape index (κ2) is 8.74. The van der Waals surface area contributed by atoms with Crippen LogP contribution in [-0.4, -0.2) is 46.1 Å². The van der Waals surface area contributed by atoms with Gasteiger partial charge in [-0.2, -0.15) is 0 Å². The van der Waals surface area contributed by atoms with Crippen LogP contribution in [-0.2, 0) is 20.9 Å². The lowest BCUT2D eigenvalue weighted by atomic mass is 10.0. The standard InChI is InChI=1S/C25H25N3O6/c1-25(2,3)34-24(33)15-9-7-14(8-10-15)13-26-17-6-4-5-16-20(17)23(32)28(22(16)31)18-11-12-19(29)27-21(18)30/h4-10,18,26H,11-13H2,1-3H3,(H,27,29,30). The van der Waals surface area contributed by atoms with Crippen LogP contribution in [0.25, 0.3) is 0 Å². The fourth-order valence-corrected chi connectivity index (χ4v) is 3.96. The molecule has 1 saturated heterocycles. The molecule has 2 heterocycles. The van der Waals surface area contributed by atoms with E-state index in [1.807, 2.05) is 0 Å². The zero-order valence-corrected chi connectivity index (χ0v) is 19.1. The molecule has 2 N–H and O–H groups in total. The lowest BCUT2D eigenvalue weighted by Gasteiger charge is -2.27. The van der Waals surface area contributed by atoms with E-state index in [-0.39, 0.29) is 24.0 Å². The highest BCUT2D eigenvalue weighted by atomic mass is 16.6. The molecule has 2 aliphatic rings. The maximum absolute atomic E-state index is 13.1. The molecule has 1 unspecified atom stereocenters. The number of ether oxygens (including phenoxy) is 1. The van der Waals surface area contributed by atoms with Gasteiger partial charge in [0.15, 0.2) is 0 Å². The van der Waals surface area contributed by atoms with E-state index in [0.717, 1.165) is 10.5 Å². The highest BCUT2D eigenvalue weighted by molar-refractivity contribution is 6.25. The Balaban J connectivity index is 1.49. The molecular formula is C25H25N3O6. The fraction of sp³-hybridized carbons (Fsp3) is 0.320. The number of imide groups is 2. The normalized spacial score (nSPS) is 18.0. The largest absolute Gasteiger partial charge is 0.456 e. The van der Waals surface area contributed by atoms with E-state index in [9.17, 15) is 24.0 Å². The monoisotopic (exact) mass is 463 g/mol. The minimum atomic E-state index is -1.02. The quantitative estimate of drug-likeness (QED) is 0.516. The summed E-state index contributed by atoms with van der Waals surface area (Å²) in [5.74, 6) is -2.61. The summed E-state index contributed by atoms with van der Waals surface area (Å²) < 4.78 is 5.36. The van der Waals surface area contributed by atoms with Crippen molar-refractivity contribution >= 4 is 35.3 Å². The molecule has 0 aliphatic carbocycles. The maximum atomic E-state index is 13.1. The van der Waals surface area contributed by atoms with Crippen LogP contribution < -0.4 is 10.6 Å². The van der Waals surface area contributed by atoms with Crippen molar-refractivity contribution in [2.75, 3.05) is 5.32 Å². The predicted molar refractivity (Wildman–Crippen MR) is 122 cm³/mol. The van der Waals surface area contributed by atoms with Crippen molar-refractivity contribution in [3.63, 3.8) is 0 Å². The van der Waals surface area contributed by atoms with Gasteiger partial charge in [0.2, 0.25) is 11.8 Å². The number of carbonyl (C=O) groups excluding carboxylic acids is 5. The van der Waals surface area contributed by atoms with Gasteiger partial charge >= 0.3 is 5.97 Å². The predicted octanol–water partition coefficient (Wildman–Crippen LogP) is 2.66. The van der Waals surface area contributed by atoms with Gasteiger partial charge in [-0.15, -0.1) is 0 Å². The van der Waals surface area contributed by atoms with Gasteiger partial charge in [-0.3, -0.25) is 29.4 Å². The Morgan fingerprint density at radius 3 is 2.41 bits per heavy atom. The molecular weight excluding hydrogens is 438 g/mol. The molecule has 4 amide bonds. The van der Waals surface area contributed by atoms with Crippen LogP contribution in [0.2, 0.25) is 0 Å².